The van der Waals surface area contributed by atoms with E-state index in [9.17, 15) is 0 Å². The fourth-order valence-corrected chi connectivity index (χ4v) is 0.653. The topological polar surface area (TPSA) is 35.2 Å². The van der Waals surface area contributed by atoms with E-state index in [2.05, 4.69) is 18.7 Å². The first kappa shape index (κ1) is 9.54. The van der Waals surface area contributed by atoms with E-state index in [0.29, 0.717) is 6.54 Å². The molecule has 0 aliphatic carbocycles. The lowest BCUT2D eigenvalue weighted by atomic mass is 9.71. The van der Waals surface area contributed by atoms with Crippen molar-refractivity contribution in [1.82, 2.24) is 0 Å². The van der Waals surface area contributed by atoms with Gasteiger partial charge in [-0.05, 0) is 6.42 Å². The van der Waals surface area contributed by atoms with Gasteiger partial charge in [-0.15, -0.1) is 5.92 Å². The van der Waals surface area contributed by atoms with Gasteiger partial charge in [-0.25, -0.2) is 0 Å². The fraction of sp³-hybridized carbons (Fsp3) is 0.714. The molecule has 56 valence electrons. The van der Waals surface area contributed by atoms with Gasteiger partial charge in [0.05, 0.1) is 6.54 Å². The average Bonchev–Trinajstić information content (AvgIpc) is 1.99. The van der Waals surface area contributed by atoms with Crippen molar-refractivity contribution in [2.24, 2.45) is 5.73 Å². The Morgan fingerprint density at radius 2 is 2.40 bits per heavy atom. The fourth-order valence-electron chi connectivity index (χ4n) is 0.653. The molecular weight excluding hydrogens is 125 g/mol. The lowest BCUT2D eigenvalue weighted by molar-refractivity contribution is 0.162. The Morgan fingerprint density at radius 3 is 2.80 bits per heavy atom. The maximum atomic E-state index is 5.18. The molecular formula is C7H14BNO. The van der Waals surface area contributed by atoms with Crippen LogP contribution in [-0.2, 0) is 4.74 Å². The summed E-state index contributed by atoms with van der Waals surface area (Å²) in [5, 5.41) is 0. The van der Waals surface area contributed by atoms with Crippen LogP contribution in [0.1, 0.15) is 13.3 Å². The van der Waals surface area contributed by atoms with Crippen LogP contribution in [-0.4, -0.2) is 26.9 Å². The molecule has 0 fully saturated rings. The van der Waals surface area contributed by atoms with Gasteiger partial charge in [0, 0.05) is 13.1 Å². The molecule has 0 aliphatic rings. The number of hydrogen-bond donors (Lipinski definition) is 1. The molecule has 0 unspecified atom stereocenters. The molecule has 1 atom stereocenters. The summed E-state index contributed by atoms with van der Waals surface area (Å²) in [5.41, 5.74) is 5.18. The van der Waals surface area contributed by atoms with Gasteiger partial charge in [-0.3, -0.25) is 0 Å². The van der Waals surface area contributed by atoms with Crippen LogP contribution in [0.15, 0.2) is 0 Å². The Bertz CT molecular complexity index is 123. The summed E-state index contributed by atoms with van der Waals surface area (Å²) in [5.74, 6) is 5.73. The van der Waals surface area contributed by atoms with Crippen molar-refractivity contribution in [3.8, 4) is 11.7 Å². The second-order valence-electron chi connectivity index (χ2n) is 2.03. The molecule has 0 bridgehead atoms. The Morgan fingerprint density at radius 1 is 1.70 bits per heavy atom. The van der Waals surface area contributed by atoms with Crippen molar-refractivity contribution >= 4 is 7.28 Å². The summed E-state index contributed by atoms with van der Waals surface area (Å²) in [6.45, 7) is 2.53. The third-order valence-corrected chi connectivity index (χ3v) is 1.35. The molecule has 0 spiro atoms. The molecule has 0 rings (SSSR count). The van der Waals surface area contributed by atoms with Gasteiger partial charge in [-0.2, -0.15) is 5.82 Å². The van der Waals surface area contributed by atoms with E-state index in [1.54, 1.807) is 7.11 Å². The van der Waals surface area contributed by atoms with Crippen molar-refractivity contribution in [2.75, 3.05) is 13.7 Å². The van der Waals surface area contributed by atoms with Crippen LogP contribution >= 0.6 is 0 Å². The molecule has 0 aliphatic heterocycles. The zero-order valence-electron chi connectivity index (χ0n) is 6.68. The Hall–Kier alpha value is -0.455. The molecule has 0 aromatic carbocycles. The largest absolute Gasteiger partial charge is 0.389 e. The summed E-state index contributed by atoms with van der Waals surface area (Å²) >= 11 is 0. The highest BCUT2D eigenvalue weighted by Gasteiger charge is 2.01. The third-order valence-electron chi connectivity index (χ3n) is 1.35. The van der Waals surface area contributed by atoms with Gasteiger partial charge < -0.3 is 10.5 Å². The van der Waals surface area contributed by atoms with E-state index in [0.717, 1.165) is 13.7 Å². The van der Waals surface area contributed by atoms with Crippen LogP contribution in [0.5, 0.6) is 0 Å². The van der Waals surface area contributed by atoms with Crippen molar-refractivity contribution in [3.05, 3.63) is 0 Å². The standard InChI is InChI=1S/C7H14BNO/c1-3-7(10-2)8-5-4-6-9/h7-8H,3,6,9H2,1-2H3/t7-/m1/s1. The quantitative estimate of drug-likeness (QED) is 0.431. The predicted octanol–water partition coefficient (Wildman–Crippen LogP) is -0.275. The summed E-state index contributed by atoms with van der Waals surface area (Å²) < 4.78 is 5.10. The van der Waals surface area contributed by atoms with Crippen LogP contribution in [0.2, 0.25) is 0 Å². The number of hydrogen-bond acceptors (Lipinski definition) is 2. The zero-order valence-corrected chi connectivity index (χ0v) is 6.68. The predicted molar refractivity (Wildman–Crippen MR) is 45.1 cm³/mol. The molecule has 0 heterocycles. The van der Waals surface area contributed by atoms with Crippen LogP contribution in [0.25, 0.3) is 0 Å². The SMILES string of the molecule is CC[C@H](BC#CCN)OC. The monoisotopic (exact) mass is 139 g/mol. The lowest BCUT2D eigenvalue weighted by Gasteiger charge is -2.05. The van der Waals surface area contributed by atoms with Gasteiger partial charge in [0.15, 0.2) is 0 Å². The van der Waals surface area contributed by atoms with Crippen molar-refractivity contribution < 1.29 is 4.74 Å². The van der Waals surface area contributed by atoms with E-state index in [1.807, 2.05) is 0 Å². The molecule has 0 radical (unpaired) electrons. The Labute approximate surface area is 63.4 Å². The van der Waals surface area contributed by atoms with E-state index in [4.69, 9.17) is 10.5 Å². The van der Waals surface area contributed by atoms with E-state index in [-0.39, 0.29) is 6.00 Å². The molecule has 0 saturated carbocycles. The Kier molecular flexibility index (Phi) is 6.36. The maximum absolute atomic E-state index is 5.18. The first-order valence-corrected chi connectivity index (χ1v) is 3.53. The minimum absolute atomic E-state index is 0.277. The third kappa shape index (κ3) is 4.43. The second-order valence-corrected chi connectivity index (χ2v) is 2.03. The zero-order chi connectivity index (χ0) is 7.82. The molecule has 3 heteroatoms. The summed E-state index contributed by atoms with van der Waals surface area (Å²) in [6.07, 6.45) is 1.01. The summed E-state index contributed by atoms with van der Waals surface area (Å²) in [6, 6.07) is 0.277. The van der Waals surface area contributed by atoms with E-state index >= 15 is 0 Å². The van der Waals surface area contributed by atoms with E-state index < -0.39 is 0 Å². The lowest BCUT2D eigenvalue weighted by Crippen LogP contribution is -2.16. The van der Waals surface area contributed by atoms with Gasteiger partial charge in [0.25, 0.3) is 0 Å². The molecule has 0 saturated heterocycles. The minimum Gasteiger partial charge on any atom is -0.389 e. The van der Waals surface area contributed by atoms with Gasteiger partial charge >= 0.3 is 0 Å². The highest BCUT2D eigenvalue weighted by Crippen LogP contribution is 1.91. The number of methoxy groups -OCH3 is 1. The number of rotatable bonds is 3. The first-order chi connectivity index (χ1) is 4.85. The van der Waals surface area contributed by atoms with Gasteiger partial charge in [0.2, 0.25) is 7.28 Å². The highest BCUT2D eigenvalue weighted by molar-refractivity contribution is 6.47. The molecule has 0 aromatic rings. The van der Waals surface area contributed by atoms with Crippen LogP contribution in [0, 0.1) is 11.7 Å². The molecule has 10 heavy (non-hydrogen) atoms. The summed E-state index contributed by atoms with van der Waals surface area (Å²) in [7, 11) is 2.50. The normalized spacial score (nSPS) is 11.5. The van der Waals surface area contributed by atoms with Crippen molar-refractivity contribution in [1.29, 1.82) is 0 Å². The molecule has 0 aromatic heterocycles. The molecule has 0 amide bonds. The molecule has 2 N–H and O–H groups in total. The first-order valence-electron chi connectivity index (χ1n) is 3.53. The van der Waals surface area contributed by atoms with Crippen LogP contribution in [0.4, 0.5) is 0 Å². The second kappa shape index (κ2) is 6.66. The van der Waals surface area contributed by atoms with Crippen molar-refractivity contribution in [2.45, 2.75) is 19.3 Å². The van der Waals surface area contributed by atoms with Gasteiger partial charge in [-0.1, -0.05) is 6.92 Å². The highest BCUT2D eigenvalue weighted by atomic mass is 16.5. The van der Waals surface area contributed by atoms with Crippen LogP contribution < -0.4 is 5.73 Å². The van der Waals surface area contributed by atoms with Crippen molar-refractivity contribution in [3.63, 3.8) is 0 Å². The maximum Gasteiger partial charge on any atom is 0.246 e. The minimum atomic E-state index is 0.277. The number of nitrogens with two attached hydrogens (primary N) is 1. The number of ether oxygens (including phenoxy) is 1. The molecule has 2 nitrogen and oxygen atoms in total. The average molecular weight is 139 g/mol. The van der Waals surface area contributed by atoms with E-state index in [1.165, 1.54) is 0 Å². The smallest absolute Gasteiger partial charge is 0.246 e. The van der Waals surface area contributed by atoms with Crippen LogP contribution in [0.3, 0.4) is 0 Å². The van der Waals surface area contributed by atoms with Gasteiger partial charge in [0.1, 0.15) is 0 Å². The Balaban J connectivity index is 3.43. The summed E-state index contributed by atoms with van der Waals surface area (Å²) in [4.78, 5) is 0.